The molecule has 5 heteroatoms. The number of oxazole rings is 1. The molecule has 17 heavy (non-hydrogen) atoms. The predicted molar refractivity (Wildman–Crippen MR) is 59.7 cm³/mol. The van der Waals surface area contributed by atoms with Crippen molar-refractivity contribution >= 4 is 5.97 Å². The molecule has 0 aliphatic rings. The maximum atomic E-state index is 10.5. The summed E-state index contributed by atoms with van der Waals surface area (Å²) >= 11 is 0. The first-order chi connectivity index (χ1) is 8.06. The van der Waals surface area contributed by atoms with Crippen LogP contribution in [-0.2, 0) is 11.2 Å². The van der Waals surface area contributed by atoms with Crippen molar-refractivity contribution in [2.24, 2.45) is 0 Å². The van der Waals surface area contributed by atoms with Crippen LogP contribution in [0.2, 0.25) is 0 Å². The van der Waals surface area contributed by atoms with Crippen molar-refractivity contribution in [3.05, 3.63) is 35.9 Å². The molecule has 0 bridgehead atoms. The van der Waals surface area contributed by atoms with Gasteiger partial charge in [-0.05, 0) is 19.1 Å². The molecule has 2 aromatic rings. The van der Waals surface area contributed by atoms with Crippen LogP contribution in [0.25, 0.3) is 11.3 Å². The highest BCUT2D eigenvalue weighted by atomic mass is 16.4. The fraction of sp³-hybridized carbons (Fsp3) is 0.167. The summed E-state index contributed by atoms with van der Waals surface area (Å²) in [5, 5.41) is 18.0. The topological polar surface area (TPSA) is 83.6 Å². The maximum Gasteiger partial charge on any atom is 0.312 e. The SMILES string of the molecule is Cc1nc(CC(=O)O)oc1-c1cccc(O)c1. The number of hydrogen-bond donors (Lipinski definition) is 2. The highest BCUT2D eigenvalue weighted by Crippen LogP contribution is 2.27. The zero-order chi connectivity index (χ0) is 12.4. The van der Waals surface area contributed by atoms with E-state index in [9.17, 15) is 9.90 Å². The van der Waals surface area contributed by atoms with E-state index < -0.39 is 5.97 Å². The van der Waals surface area contributed by atoms with Crippen molar-refractivity contribution in [1.82, 2.24) is 4.98 Å². The maximum absolute atomic E-state index is 10.5. The smallest absolute Gasteiger partial charge is 0.312 e. The molecule has 2 rings (SSSR count). The lowest BCUT2D eigenvalue weighted by molar-refractivity contribution is -0.136. The Morgan fingerprint density at radius 3 is 2.88 bits per heavy atom. The molecule has 0 unspecified atom stereocenters. The van der Waals surface area contributed by atoms with Gasteiger partial charge in [-0.2, -0.15) is 0 Å². The molecule has 1 aromatic heterocycles. The normalized spacial score (nSPS) is 10.4. The molecule has 5 nitrogen and oxygen atoms in total. The van der Waals surface area contributed by atoms with E-state index in [1.165, 1.54) is 6.07 Å². The van der Waals surface area contributed by atoms with Crippen LogP contribution in [0.5, 0.6) is 5.75 Å². The summed E-state index contributed by atoms with van der Waals surface area (Å²) in [5.74, 6) is -0.225. The average Bonchev–Trinajstić information content (AvgIpc) is 2.58. The van der Waals surface area contributed by atoms with Crippen LogP contribution in [0.1, 0.15) is 11.6 Å². The quantitative estimate of drug-likeness (QED) is 0.846. The van der Waals surface area contributed by atoms with Crippen LogP contribution in [0.15, 0.2) is 28.7 Å². The Morgan fingerprint density at radius 1 is 1.47 bits per heavy atom. The summed E-state index contributed by atoms with van der Waals surface area (Å²) in [5.41, 5.74) is 1.28. The van der Waals surface area contributed by atoms with E-state index in [4.69, 9.17) is 9.52 Å². The minimum Gasteiger partial charge on any atom is -0.508 e. The number of aromatic nitrogens is 1. The second kappa shape index (κ2) is 4.29. The number of carboxylic acids is 1. The number of aryl methyl sites for hydroxylation is 1. The van der Waals surface area contributed by atoms with Gasteiger partial charge in [0, 0.05) is 5.56 Å². The number of carboxylic acid groups (broad SMARTS) is 1. The van der Waals surface area contributed by atoms with Crippen molar-refractivity contribution in [2.45, 2.75) is 13.3 Å². The molecule has 0 aliphatic heterocycles. The molecule has 0 radical (unpaired) electrons. The van der Waals surface area contributed by atoms with Crippen LogP contribution in [0, 0.1) is 6.92 Å². The Hall–Kier alpha value is -2.30. The third-order valence-corrected chi connectivity index (χ3v) is 2.25. The van der Waals surface area contributed by atoms with E-state index >= 15 is 0 Å². The summed E-state index contributed by atoms with van der Waals surface area (Å²) in [6.45, 7) is 1.73. The van der Waals surface area contributed by atoms with E-state index in [-0.39, 0.29) is 18.1 Å². The summed E-state index contributed by atoms with van der Waals surface area (Å²) in [6.07, 6.45) is -0.250. The Kier molecular flexibility index (Phi) is 2.82. The van der Waals surface area contributed by atoms with Crippen LogP contribution in [0.4, 0.5) is 0 Å². The number of carbonyl (C=O) groups is 1. The van der Waals surface area contributed by atoms with Crippen molar-refractivity contribution in [2.75, 3.05) is 0 Å². The molecule has 0 aliphatic carbocycles. The zero-order valence-corrected chi connectivity index (χ0v) is 9.17. The third kappa shape index (κ3) is 2.44. The van der Waals surface area contributed by atoms with Crippen LogP contribution in [0.3, 0.4) is 0 Å². The van der Waals surface area contributed by atoms with Crippen LogP contribution in [-0.4, -0.2) is 21.2 Å². The highest BCUT2D eigenvalue weighted by molar-refractivity contribution is 5.69. The number of phenols is 1. The summed E-state index contributed by atoms with van der Waals surface area (Å²) in [6, 6.07) is 6.53. The minimum atomic E-state index is -0.992. The first-order valence-electron chi connectivity index (χ1n) is 5.04. The molecule has 0 saturated carbocycles. The monoisotopic (exact) mass is 233 g/mol. The van der Waals surface area contributed by atoms with Gasteiger partial charge >= 0.3 is 5.97 Å². The lowest BCUT2D eigenvalue weighted by Crippen LogP contribution is -1.99. The number of benzene rings is 1. The van der Waals surface area contributed by atoms with Gasteiger partial charge in [-0.1, -0.05) is 12.1 Å². The van der Waals surface area contributed by atoms with Gasteiger partial charge in [0.1, 0.15) is 12.2 Å². The lowest BCUT2D eigenvalue weighted by Gasteiger charge is -1.98. The second-order valence-corrected chi connectivity index (χ2v) is 3.64. The molecule has 1 heterocycles. The number of hydrogen-bond acceptors (Lipinski definition) is 4. The number of aromatic hydroxyl groups is 1. The molecule has 1 aromatic carbocycles. The zero-order valence-electron chi connectivity index (χ0n) is 9.17. The van der Waals surface area contributed by atoms with Gasteiger partial charge in [0.25, 0.3) is 0 Å². The summed E-state index contributed by atoms with van der Waals surface area (Å²) in [7, 11) is 0. The Morgan fingerprint density at radius 2 is 2.24 bits per heavy atom. The summed E-state index contributed by atoms with van der Waals surface area (Å²) < 4.78 is 5.36. The van der Waals surface area contributed by atoms with Crippen molar-refractivity contribution in [3.8, 4) is 17.1 Å². The van der Waals surface area contributed by atoms with Gasteiger partial charge < -0.3 is 14.6 Å². The number of nitrogens with zero attached hydrogens (tertiary/aromatic N) is 1. The van der Waals surface area contributed by atoms with Gasteiger partial charge in [-0.25, -0.2) is 4.98 Å². The minimum absolute atomic E-state index is 0.123. The summed E-state index contributed by atoms with van der Waals surface area (Å²) in [4.78, 5) is 14.6. The largest absolute Gasteiger partial charge is 0.508 e. The average molecular weight is 233 g/mol. The van der Waals surface area contributed by atoms with Gasteiger partial charge in [0.05, 0.1) is 5.69 Å². The fourth-order valence-electron chi connectivity index (χ4n) is 1.57. The predicted octanol–water partition coefficient (Wildman–Crippen LogP) is 1.98. The van der Waals surface area contributed by atoms with Crippen molar-refractivity contribution in [3.63, 3.8) is 0 Å². The van der Waals surface area contributed by atoms with Crippen LogP contribution < -0.4 is 0 Å². The molecule has 0 amide bonds. The third-order valence-electron chi connectivity index (χ3n) is 2.25. The molecule has 2 N–H and O–H groups in total. The van der Waals surface area contributed by atoms with Gasteiger partial charge in [-0.3, -0.25) is 4.79 Å². The number of phenolic OH excluding ortho intramolecular Hbond substituents is 1. The van der Waals surface area contributed by atoms with E-state index in [2.05, 4.69) is 4.98 Å². The molecule has 0 saturated heterocycles. The van der Waals surface area contributed by atoms with Crippen molar-refractivity contribution < 1.29 is 19.4 Å². The van der Waals surface area contributed by atoms with Gasteiger partial charge in [0.2, 0.25) is 5.89 Å². The molecule has 0 atom stereocenters. The van der Waals surface area contributed by atoms with E-state index in [0.717, 1.165) is 0 Å². The highest BCUT2D eigenvalue weighted by Gasteiger charge is 2.14. The standard InChI is InChI=1S/C12H11NO4/c1-7-12(8-3-2-4-9(14)5-8)17-10(13-7)6-11(15)16/h2-5,14H,6H2,1H3,(H,15,16). The number of rotatable bonds is 3. The van der Waals surface area contributed by atoms with Gasteiger partial charge in [0.15, 0.2) is 5.76 Å². The molecular formula is C12H11NO4. The van der Waals surface area contributed by atoms with E-state index in [1.54, 1.807) is 25.1 Å². The molecule has 0 spiro atoms. The van der Waals surface area contributed by atoms with Crippen molar-refractivity contribution in [1.29, 1.82) is 0 Å². The Balaban J connectivity index is 2.39. The molecule has 0 fully saturated rings. The van der Waals surface area contributed by atoms with Gasteiger partial charge in [-0.15, -0.1) is 0 Å². The van der Waals surface area contributed by atoms with Crippen LogP contribution >= 0.6 is 0 Å². The molecule has 88 valence electrons. The Bertz CT molecular complexity index is 559. The Labute approximate surface area is 97.3 Å². The molecular weight excluding hydrogens is 222 g/mol. The first kappa shape index (κ1) is 11.2. The number of aliphatic carboxylic acids is 1. The van der Waals surface area contributed by atoms with E-state index in [1.807, 2.05) is 0 Å². The fourth-order valence-corrected chi connectivity index (χ4v) is 1.57. The second-order valence-electron chi connectivity index (χ2n) is 3.64. The first-order valence-corrected chi connectivity index (χ1v) is 5.04. The lowest BCUT2D eigenvalue weighted by atomic mass is 10.1. The van der Waals surface area contributed by atoms with E-state index in [0.29, 0.717) is 17.0 Å².